The van der Waals surface area contributed by atoms with E-state index in [1.54, 1.807) is 7.05 Å². The molecule has 5 atom stereocenters. The minimum absolute atomic E-state index is 0.0168. The monoisotopic (exact) mass is 509 g/mol. The molecular weight excluding hydrogens is 482 g/mol. The fraction of sp³-hybridized carbons (Fsp3) is 0.417. The zero-order valence-corrected chi connectivity index (χ0v) is 19.6. The van der Waals surface area contributed by atoms with Gasteiger partial charge in [-0.05, 0) is 49.6 Å². The van der Waals surface area contributed by atoms with Crippen LogP contribution >= 0.6 is 0 Å². The second kappa shape index (κ2) is 10.5. The van der Waals surface area contributed by atoms with Gasteiger partial charge in [0.25, 0.3) is 0 Å². The lowest BCUT2D eigenvalue weighted by Crippen LogP contribution is -2.32. The molecule has 2 aromatic heterocycles. The summed E-state index contributed by atoms with van der Waals surface area (Å²) < 4.78 is 65.1. The van der Waals surface area contributed by atoms with Crippen molar-refractivity contribution in [3.63, 3.8) is 0 Å². The summed E-state index contributed by atoms with van der Waals surface area (Å²) in [4.78, 5) is 3.96. The van der Waals surface area contributed by atoms with Gasteiger partial charge in [-0.1, -0.05) is 0 Å². The first-order chi connectivity index (χ1) is 17.1. The second-order valence-corrected chi connectivity index (χ2v) is 8.80. The Balaban J connectivity index is 1.62. The number of nitrogens with one attached hydrogen (secondary N) is 1. The summed E-state index contributed by atoms with van der Waals surface area (Å²) in [6.45, 7) is 1.15. The van der Waals surface area contributed by atoms with E-state index in [1.807, 2.05) is 0 Å². The molecule has 4 rings (SSSR count). The number of aryl methyl sites for hydroxylation is 1. The third kappa shape index (κ3) is 5.21. The molecule has 36 heavy (non-hydrogen) atoms. The molecule has 1 aromatic carbocycles. The molecular formula is C24H27F4N5O3. The Hall–Kier alpha value is -3.06. The van der Waals surface area contributed by atoms with Crippen LogP contribution in [0.3, 0.4) is 0 Å². The average Bonchev–Trinajstić information content (AvgIpc) is 3.09. The van der Waals surface area contributed by atoms with Crippen molar-refractivity contribution in [2.45, 2.75) is 50.4 Å². The molecule has 0 radical (unpaired) electrons. The van der Waals surface area contributed by atoms with Gasteiger partial charge in [-0.15, -0.1) is 0 Å². The van der Waals surface area contributed by atoms with Gasteiger partial charge in [0.2, 0.25) is 0 Å². The summed E-state index contributed by atoms with van der Waals surface area (Å²) in [7, 11) is 1.66. The van der Waals surface area contributed by atoms with Gasteiger partial charge in [-0.3, -0.25) is 4.68 Å². The fourth-order valence-electron chi connectivity index (χ4n) is 4.16. The van der Waals surface area contributed by atoms with Crippen LogP contribution in [0.4, 0.5) is 23.2 Å². The number of alkyl halides is 1. The molecule has 12 heteroatoms. The Labute approximate surface area is 204 Å². The quantitative estimate of drug-likeness (QED) is 0.296. The number of aliphatic hydroxyl groups excluding tert-OH is 2. The molecule has 5 N–H and O–H groups in total. The fourth-order valence-corrected chi connectivity index (χ4v) is 4.16. The Morgan fingerprint density at radius 3 is 2.50 bits per heavy atom. The number of halogens is 4. The number of hydrogen-bond acceptors (Lipinski definition) is 7. The highest BCUT2D eigenvalue weighted by Gasteiger charge is 2.30. The summed E-state index contributed by atoms with van der Waals surface area (Å²) in [6.07, 6.45) is -2.27. The number of pyridine rings is 1. The minimum Gasteiger partial charge on any atom is -0.389 e. The van der Waals surface area contributed by atoms with Crippen molar-refractivity contribution in [1.29, 1.82) is 0 Å². The molecule has 2 unspecified atom stereocenters. The van der Waals surface area contributed by atoms with Crippen molar-refractivity contribution < 1.29 is 32.5 Å². The maximum atomic E-state index is 14.7. The molecule has 3 heterocycles. The Morgan fingerprint density at radius 2 is 1.83 bits per heavy atom. The molecule has 0 amide bonds. The van der Waals surface area contributed by atoms with E-state index in [0.717, 1.165) is 18.2 Å². The van der Waals surface area contributed by atoms with E-state index in [0.29, 0.717) is 24.2 Å². The zero-order chi connectivity index (χ0) is 26.1. The Morgan fingerprint density at radius 1 is 1.14 bits per heavy atom. The maximum absolute atomic E-state index is 14.7. The number of aromatic nitrogens is 3. The van der Waals surface area contributed by atoms with Crippen LogP contribution in [0.1, 0.15) is 55.2 Å². The van der Waals surface area contributed by atoms with E-state index in [-0.39, 0.29) is 17.9 Å². The van der Waals surface area contributed by atoms with E-state index in [9.17, 15) is 27.8 Å². The number of rotatable bonds is 6. The number of anilines is 1. The Bertz CT molecular complexity index is 1200. The van der Waals surface area contributed by atoms with Gasteiger partial charge in [-0.2, -0.15) is 5.10 Å². The summed E-state index contributed by atoms with van der Waals surface area (Å²) >= 11 is 0. The molecule has 1 fully saturated rings. The van der Waals surface area contributed by atoms with Gasteiger partial charge < -0.3 is 26.0 Å². The van der Waals surface area contributed by atoms with Crippen LogP contribution in [0, 0.1) is 17.5 Å². The van der Waals surface area contributed by atoms with Gasteiger partial charge in [0.05, 0.1) is 41.5 Å². The van der Waals surface area contributed by atoms with Gasteiger partial charge in [-0.25, -0.2) is 22.5 Å². The molecule has 1 saturated heterocycles. The first-order valence-corrected chi connectivity index (χ1v) is 11.4. The number of nitrogens with two attached hydrogens (primary N) is 1. The molecule has 1 aliphatic rings. The van der Waals surface area contributed by atoms with Crippen LogP contribution in [0.25, 0.3) is 11.3 Å². The number of nitrogens with zero attached hydrogens (tertiary/aromatic N) is 3. The molecule has 3 aromatic rings. The van der Waals surface area contributed by atoms with E-state index in [1.165, 1.54) is 23.9 Å². The lowest BCUT2D eigenvalue weighted by atomic mass is 10.0. The van der Waals surface area contributed by atoms with E-state index >= 15 is 0 Å². The predicted octanol–water partition coefficient (Wildman–Crippen LogP) is 3.57. The number of ether oxygens (including phenoxy) is 1. The van der Waals surface area contributed by atoms with Crippen molar-refractivity contribution in [2.75, 3.05) is 11.9 Å². The van der Waals surface area contributed by atoms with E-state index in [4.69, 9.17) is 10.5 Å². The van der Waals surface area contributed by atoms with Crippen LogP contribution < -0.4 is 11.1 Å². The standard InChI is InChI=1S/C24H27F4N5O3/c1-11(34)12-7-14(26)21(15(27)8-12)22-13(25)3-5-18(31-22)24(35)32-19-9-30-33(2)23(19)20-6-4-17(29)16(28)10-36-20/h3,5,7-9,11,16-17,20,24,32,34-35H,4,6,10,29H2,1-2H3/t11?,16-,17-,20+,24?/m1/s1. The van der Waals surface area contributed by atoms with Crippen LogP contribution in [-0.2, 0) is 11.8 Å². The normalized spacial score (nSPS) is 22.2. The van der Waals surface area contributed by atoms with Crippen molar-refractivity contribution >= 4 is 5.69 Å². The van der Waals surface area contributed by atoms with Gasteiger partial charge in [0, 0.05) is 13.1 Å². The van der Waals surface area contributed by atoms with Crippen molar-refractivity contribution in [3.05, 3.63) is 64.9 Å². The maximum Gasteiger partial charge on any atom is 0.168 e. The van der Waals surface area contributed by atoms with Gasteiger partial charge in [0.1, 0.15) is 35.4 Å². The average molecular weight is 510 g/mol. The summed E-state index contributed by atoms with van der Waals surface area (Å²) in [6, 6.07) is 3.25. The van der Waals surface area contributed by atoms with E-state index in [2.05, 4.69) is 15.4 Å². The molecule has 0 saturated carbocycles. The van der Waals surface area contributed by atoms with Crippen molar-refractivity contribution in [1.82, 2.24) is 14.8 Å². The lowest BCUT2D eigenvalue weighted by molar-refractivity contribution is 0.0246. The first kappa shape index (κ1) is 26.0. The summed E-state index contributed by atoms with van der Waals surface area (Å²) in [5.41, 5.74) is 5.20. The van der Waals surface area contributed by atoms with Gasteiger partial charge in [0.15, 0.2) is 6.23 Å². The highest BCUT2D eigenvalue weighted by Crippen LogP contribution is 2.34. The summed E-state index contributed by atoms with van der Waals surface area (Å²) in [5, 5.41) is 27.4. The number of aliphatic hydroxyl groups is 2. The Kier molecular flexibility index (Phi) is 7.59. The molecule has 194 valence electrons. The first-order valence-electron chi connectivity index (χ1n) is 11.4. The van der Waals surface area contributed by atoms with E-state index < -0.39 is 59.4 Å². The number of benzene rings is 1. The molecule has 0 spiro atoms. The third-order valence-electron chi connectivity index (χ3n) is 6.20. The zero-order valence-electron chi connectivity index (χ0n) is 19.6. The van der Waals surface area contributed by atoms with Crippen LogP contribution in [0.2, 0.25) is 0 Å². The molecule has 8 nitrogen and oxygen atoms in total. The predicted molar refractivity (Wildman–Crippen MR) is 123 cm³/mol. The smallest absolute Gasteiger partial charge is 0.168 e. The van der Waals surface area contributed by atoms with Gasteiger partial charge >= 0.3 is 0 Å². The van der Waals surface area contributed by atoms with Crippen LogP contribution in [0.5, 0.6) is 0 Å². The summed E-state index contributed by atoms with van der Waals surface area (Å²) in [5.74, 6) is -3.22. The highest BCUT2D eigenvalue weighted by molar-refractivity contribution is 5.62. The van der Waals surface area contributed by atoms with Crippen molar-refractivity contribution in [3.8, 4) is 11.3 Å². The lowest BCUT2D eigenvalue weighted by Gasteiger charge is -2.20. The molecule has 0 bridgehead atoms. The van der Waals surface area contributed by atoms with Crippen LogP contribution in [-0.4, -0.2) is 43.8 Å². The molecule has 0 aliphatic carbocycles. The minimum atomic E-state index is -1.52. The van der Waals surface area contributed by atoms with Crippen molar-refractivity contribution in [2.24, 2.45) is 12.8 Å². The molecule has 1 aliphatic heterocycles. The highest BCUT2D eigenvalue weighted by atomic mass is 19.1. The SMILES string of the molecule is CC(O)c1cc(F)c(-c2nc(C(O)Nc3cnn(C)c3[C@@H]3CC[C@@H](N)[C@H](F)CO3)ccc2F)c(F)c1. The number of hydrogen-bond donors (Lipinski definition) is 4. The largest absolute Gasteiger partial charge is 0.389 e. The third-order valence-corrected chi connectivity index (χ3v) is 6.20. The second-order valence-electron chi connectivity index (χ2n) is 8.80. The topological polar surface area (TPSA) is 118 Å². The van der Waals surface area contributed by atoms with Crippen LogP contribution in [0.15, 0.2) is 30.5 Å².